The number of amides is 1. The molecule has 5 N–H and O–H groups in total. The minimum atomic E-state index is -5.12. The van der Waals surface area contributed by atoms with Crippen molar-refractivity contribution < 1.29 is 55.2 Å². The highest BCUT2D eigenvalue weighted by Gasteiger charge is 2.55. The summed E-state index contributed by atoms with van der Waals surface area (Å²) in [5.74, 6) is -0.794. The number of thiol groups is 1. The van der Waals surface area contributed by atoms with Gasteiger partial charge in [0, 0.05) is 0 Å². The first-order chi connectivity index (χ1) is 21.8. The van der Waals surface area contributed by atoms with Crippen LogP contribution in [0.5, 0.6) is 0 Å². The van der Waals surface area contributed by atoms with Crippen LogP contribution in [0.25, 0.3) is 22.2 Å². The number of benzene rings is 1. The number of nitrogens with zero attached hydrogens (tertiary/aromatic N) is 7. The van der Waals surface area contributed by atoms with Gasteiger partial charge in [-0.15, -0.1) is 5.10 Å². The summed E-state index contributed by atoms with van der Waals surface area (Å²) in [6.07, 6.45) is -11.8. The molecule has 2 unspecified atom stereocenters. The number of carbonyl (C=O) groups is 1. The number of nitrogens with two attached hydrogens (primary N) is 2. The first kappa shape index (κ1) is 31.4. The number of alkyl halides is 2. The van der Waals surface area contributed by atoms with Gasteiger partial charge in [0.1, 0.15) is 41.8 Å². The zero-order chi connectivity index (χ0) is 32.5. The lowest BCUT2D eigenvalue weighted by molar-refractivity contribution is -0.0627. The van der Waals surface area contributed by atoms with E-state index in [1.807, 2.05) is 0 Å². The van der Waals surface area contributed by atoms with E-state index in [9.17, 15) is 18.8 Å². The highest BCUT2D eigenvalue weighted by molar-refractivity contribution is 8.44. The molecule has 19 nitrogen and oxygen atoms in total. The number of primary amides is 1. The molecule has 24 heteroatoms. The van der Waals surface area contributed by atoms with E-state index in [2.05, 4.69) is 37.5 Å². The van der Waals surface area contributed by atoms with Gasteiger partial charge in [0.25, 0.3) is 5.91 Å². The van der Waals surface area contributed by atoms with Crippen LogP contribution in [0, 0.1) is 0 Å². The molecular formula is C22H23F2N9O10P2S. The van der Waals surface area contributed by atoms with Crippen LogP contribution in [0.3, 0.4) is 0 Å². The maximum atomic E-state index is 16.0. The molecule has 1 aromatic carbocycles. The Labute approximate surface area is 260 Å². The van der Waals surface area contributed by atoms with E-state index in [1.54, 1.807) is 0 Å². The Hall–Kier alpha value is -3.17. The van der Waals surface area contributed by atoms with E-state index in [0.717, 1.165) is 11.0 Å². The Morgan fingerprint density at radius 2 is 1.70 bits per heavy atom. The van der Waals surface area contributed by atoms with Gasteiger partial charge in [-0.1, -0.05) is 23.5 Å². The topological polar surface area (TPSA) is 253 Å². The van der Waals surface area contributed by atoms with E-state index in [0.29, 0.717) is 0 Å². The van der Waals surface area contributed by atoms with Crippen LogP contribution in [0.4, 0.5) is 14.6 Å². The van der Waals surface area contributed by atoms with Gasteiger partial charge in [-0.05, 0) is 12.1 Å². The first-order valence-corrected chi connectivity index (χ1v) is 17.5. The van der Waals surface area contributed by atoms with Crippen molar-refractivity contribution in [2.45, 2.75) is 49.2 Å². The maximum Gasteiger partial charge on any atom is 0.472 e. The van der Waals surface area contributed by atoms with E-state index in [-0.39, 0.29) is 33.6 Å². The highest BCUT2D eigenvalue weighted by atomic mass is 32.7. The summed E-state index contributed by atoms with van der Waals surface area (Å²) in [5, 5.41) is 7.77. The number of anilines is 1. The SMILES string of the molecule is NC(=O)c1cccc2c1nnn2[C@@H]1O[C@@H]2COP(=O)(O)O[C@H]3[C@@H](F)[C@H](n4cnc5c(N)ncnc54)O[C@@H]3COP(=O)(S)O[C@H]2[C@H]1F. The van der Waals surface area contributed by atoms with Crippen LogP contribution >= 0.6 is 26.9 Å². The van der Waals surface area contributed by atoms with E-state index in [1.165, 1.54) is 29.1 Å². The zero-order valence-electron chi connectivity index (χ0n) is 22.9. The van der Waals surface area contributed by atoms with Crippen molar-refractivity contribution in [2.24, 2.45) is 5.73 Å². The number of phosphoric acid groups is 1. The summed E-state index contributed by atoms with van der Waals surface area (Å²) < 4.78 is 93.0. The lowest BCUT2D eigenvalue weighted by Gasteiger charge is -2.27. The molecule has 6 heterocycles. The number of rotatable bonds is 3. The number of nitrogen functional groups attached to an aromatic ring is 1. The smallest absolute Gasteiger partial charge is 0.382 e. The quantitative estimate of drug-likeness (QED) is 0.173. The molecule has 1 amide bonds. The van der Waals surface area contributed by atoms with Gasteiger partial charge in [-0.25, -0.2) is 37.5 Å². The van der Waals surface area contributed by atoms with Crippen molar-refractivity contribution >= 4 is 60.8 Å². The Morgan fingerprint density at radius 1 is 1.00 bits per heavy atom. The van der Waals surface area contributed by atoms with Crippen LogP contribution in [0.2, 0.25) is 0 Å². The Morgan fingerprint density at radius 3 is 2.46 bits per heavy atom. The van der Waals surface area contributed by atoms with Crippen molar-refractivity contribution in [1.82, 2.24) is 34.5 Å². The summed E-state index contributed by atoms with van der Waals surface area (Å²) in [6, 6.07) is 4.33. The number of hydrogen-bond acceptors (Lipinski definition) is 15. The van der Waals surface area contributed by atoms with Crippen LogP contribution in [0.15, 0.2) is 30.9 Å². The molecular weight excluding hydrogens is 682 g/mol. The van der Waals surface area contributed by atoms with Gasteiger partial charge in [0.15, 0.2) is 36.3 Å². The molecule has 3 aliphatic heterocycles. The third-order valence-corrected chi connectivity index (χ3v) is 10.1. The molecule has 3 aliphatic rings. The molecule has 46 heavy (non-hydrogen) atoms. The van der Waals surface area contributed by atoms with Gasteiger partial charge in [0.05, 0.1) is 30.6 Å². The number of imidazole rings is 1. The molecule has 0 spiro atoms. The van der Waals surface area contributed by atoms with E-state index in [4.69, 9.17) is 39.0 Å². The van der Waals surface area contributed by atoms with E-state index < -0.39 is 83.0 Å². The first-order valence-electron chi connectivity index (χ1n) is 13.3. The second kappa shape index (κ2) is 11.5. The van der Waals surface area contributed by atoms with Crippen LogP contribution in [-0.2, 0) is 36.7 Å². The number of aromatic nitrogens is 7. The lowest BCUT2D eigenvalue weighted by atomic mass is 10.1. The molecule has 0 radical (unpaired) electrons. The number of fused-ring (bicyclic) bond motifs is 4. The summed E-state index contributed by atoms with van der Waals surface area (Å²) in [6.45, 7) is -6.11. The third-order valence-electron chi connectivity index (χ3n) is 7.52. The minimum Gasteiger partial charge on any atom is -0.382 e. The number of hydrogen-bond donors (Lipinski definition) is 4. The molecule has 0 saturated carbocycles. The fourth-order valence-corrected chi connectivity index (χ4v) is 7.88. The largest absolute Gasteiger partial charge is 0.472 e. The molecule has 0 bridgehead atoms. The summed E-state index contributed by atoms with van der Waals surface area (Å²) in [7, 11) is -5.12. The molecule has 3 fully saturated rings. The normalized spacial score (nSPS) is 37.0. The zero-order valence-corrected chi connectivity index (χ0v) is 25.6. The van der Waals surface area contributed by atoms with Crippen molar-refractivity contribution in [1.29, 1.82) is 0 Å². The van der Waals surface area contributed by atoms with Crippen LogP contribution < -0.4 is 11.5 Å². The van der Waals surface area contributed by atoms with Crippen molar-refractivity contribution in [2.75, 3.05) is 18.9 Å². The van der Waals surface area contributed by atoms with Gasteiger partial charge in [-0.3, -0.25) is 27.5 Å². The van der Waals surface area contributed by atoms with Gasteiger partial charge < -0.3 is 25.8 Å². The highest BCUT2D eigenvalue weighted by Crippen LogP contribution is 2.58. The minimum absolute atomic E-state index is 0.00894. The number of phosphoric ester groups is 1. The average molecular weight is 705 g/mol. The van der Waals surface area contributed by atoms with Crippen molar-refractivity contribution in [3.05, 3.63) is 36.4 Å². The fourth-order valence-electron chi connectivity index (χ4n) is 5.44. The average Bonchev–Trinajstić information content (AvgIpc) is 3.76. The van der Waals surface area contributed by atoms with Gasteiger partial charge >= 0.3 is 14.6 Å². The molecule has 0 aliphatic carbocycles. The lowest BCUT2D eigenvalue weighted by Crippen LogP contribution is -2.37. The summed E-state index contributed by atoms with van der Waals surface area (Å²) in [4.78, 5) is 34.3. The molecule has 3 aromatic heterocycles. The molecule has 4 aromatic rings. The number of halogens is 2. The number of ether oxygens (including phenoxy) is 2. The Bertz CT molecular complexity index is 1940. The molecule has 246 valence electrons. The van der Waals surface area contributed by atoms with Crippen molar-refractivity contribution in [3.8, 4) is 0 Å². The van der Waals surface area contributed by atoms with E-state index >= 15 is 8.78 Å². The predicted octanol–water partition coefficient (Wildman–Crippen LogP) is 1.38. The molecule has 3 saturated heterocycles. The monoisotopic (exact) mass is 705 g/mol. The molecule has 10 atom stereocenters. The predicted molar refractivity (Wildman–Crippen MR) is 151 cm³/mol. The second-order valence-electron chi connectivity index (χ2n) is 10.3. The summed E-state index contributed by atoms with van der Waals surface area (Å²) in [5.41, 5.74) is 11.6. The molecule has 7 rings (SSSR count). The van der Waals surface area contributed by atoms with Gasteiger partial charge in [0.2, 0.25) is 0 Å². The van der Waals surface area contributed by atoms with Crippen LogP contribution in [0.1, 0.15) is 22.8 Å². The fraction of sp³-hybridized carbons (Fsp3) is 0.455. The van der Waals surface area contributed by atoms with Gasteiger partial charge in [-0.2, -0.15) is 0 Å². The Kier molecular flexibility index (Phi) is 7.87. The third kappa shape index (κ3) is 5.47. The standard InChI is InChI=1S/C22H23F2N9O10P2S/c23-12-16-11(40-21(12)32-7-29-15-18(25)27-6-28-20(15)32)5-39-45(37,46)43-17-10(4-38-44(35,36)42-16)41-22(13(17)24)33-9-3-1-2-8(19(26)34)14(9)30-31-33/h1-3,6-7,10-13,16-17,21-22H,4-5H2,(H2,26,34)(H,35,36)(H,37,46)(H2,25,27,28)/t10-,11-,12-,13-,16-,17-,21-,22-,45?/m1/s1. The summed E-state index contributed by atoms with van der Waals surface area (Å²) >= 11 is 3.95. The van der Waals surface area contributed by atoms with Crippen LogP contribution in [-0.4, -0.2) is 95.3 Å². The Balaban J connectivity index is 1.16. The van der Waals surface area contributed by atoms with Crippen molar-refractivity contribution in [3.63, 3.8) is 0 Å². The maximum absolute atomic E-state index is 16.0. The second-order valence-corrected chi connectivity index (χ2v) is 14.6. The number of carbonyl (C=O) groups excluding carboxylic acids is 1.